The maximum Gasteiger partial charge on any atom is 0.367 e. The van der Waals surface area contributed by atoms with Gasteiger partial charge in [0.25, 0.3) is 5.79 Å². The van der Waals surface area contributed by atoms with Gasteiger partial charge in [0, 0.05) is 4.91 Å². The highest BCUT2D eigenvalue weighted by molar-refractivity contribution is 6.26. The van der Waals surface area contributed by atoms with Gasteiger partial charge in [-0.1, -0.05) is 65.8 Å². The molecule has 0 aliphatic carbocycles. The van der Waals surface area contributed by atoms with E-state index in [1.807, 2.05) is 48.5 Å². The summed E-state index contributed by atoms with van der Waals surface area (Å²) in [7, 11) is 2.01. The normalized spacial score (nSPS) is 22.8. The molecular weight excluding hydrogens is 590 g/mol. The zero-order valence-electron chi connectivity index (χ0n) is 23.4. The van der Waals surface area contributed by atoms with Gasteiger partial charge in [0.2, 0.25) is 0 Å². The maximum atomic E-state index is 12.6. The van der Waals surface area contributed by atoms with Gasteiger partial charge in [-0.3, -0.25) is 9.59 Å². The molecule has 2 aromatic carbocycles. The van der Waals surface area contributed by atoms with Crippen LogP contribution in [-0.2, 0) is 60.8 Å². The lowest BCUT2D eigenvalue weighted by Crippen LogP contribution is -2.62. The molecule has 14 nitrogen and oxygen atoms in total. The van der Waals surface area contributed by atoms with Gasteiger partial charge in [0.05, 0.1) is 27.4 Å². The molecule has 0 spiro atoms. The summed E-state index contributed by atoms with van der Waals surface area (Å²) in [5.74, 6) is -6.50. The number of esters is 3. The Labute approximate surface area is 252 Å². The molecule has 0 radical (unpaired) electrons. The van der Waals surface area contributed by atoms with E-state index in [0.717, 1.165) is 25.3 Å². The number of aliphatic hydroxyl groups is 1. The second-order valence-electron chi connectivity index (χ2n) is 9.22. The van der Waals surface area contributed by atoms with Crippen molar-refractivity contribution in [3.8, 4) is 0 Å². The topological polar surface area (TPSA) is 185 Å². The first kappa shape index (κ1) is 33.7. The van der Waals surface area contributed by atoms with Crippen LogP contribution in [0.3, 0.4) is 0 Å². The number of ether oxygens (including phenoxy) is 7. The predicted octanol–water partition coefficient (Wildman–Crippen LogP) is 2.78. The van der Waals surface area contributed by atoms with Crippen LogP contribution in [0.5, 0.6) is 0 Å². The number of azide groups is 1. The number of hydrogen-bond acceptors (Lipinski definition) is 12. The van der Waals surface area contributed by atoms with Crippen LogP contribution in [0.1, 0.15) is 17.5 Å². The van der Waals surface area contributed by atoms with Gasteiger partial charge < -0.3 is 38.3 Å². The first-order chi connectivity index (χ1) is 20.7. The van der Waals surface area contributed by atoms with Crippen LogP contribution in [0.25, 0.3) is 10.4 Å². The van der Waals surface area contributed by atoms with E-state index in [2.05, 4.69) is 19.5 Å². The fraction of sp³-hybridized carbons (Fsp3) is 0.464. The largest absolute Gasteiger partial charge is 0.469 e. The third kappa shape index (κ3) is 9.63. The monoisotopic (exact) mass is 621 g/mol. The Morgan fingerprint density at radius 3 is 2.05 bits per heavy atom. The van der Waals surface area contributed by atoms with Crippen molar-refractivity contribution in [2.45, 2.75) is 56.1 Å². The minimum Gasteiger partial charge on any atom is -0.469 e. The van der Waals surface area contributed by atoms with E-state index < -0.39 is 73.2 Å². The van der Waals surface area contributed by atoms with Crippen molar-refractivity contribution in [3.63, 3.8) is 0 Å². The Hall–Kier alpha value is -3.75. The molecule has 1 fully saturated rings. The van der Waals surface area contributed by atoms with Crippen LogP contribution >= 0.6 is 11.6 Å². The third-order valence-corrected chi connectivity index (χ3v) is 6.53. The Bertz CT molecular complexity index is 1250. The van der Waals surface area contributed by atoms with Crippen molar-refractivity contribution in [2.24, 2.45) is 5.11 Å². The van der Waals surface area contributed by atoms with Crippen LogP contribution in [-0.4, -0.2) is 86.2 Å². The zero-order chi connectivity index (χ0) is 31.2. The number of carbonyl (C=O) groups excluding carboxylic acids is 3. The van der Waals surface area contributed by atoms with Crippen LogP contribution in [0.15, 0.2) is 65.8 Å². The number of hydrogen-bond donors (Lipinski definition) is 1. The van der Waals surface area contributed by atoms with Crippen LogP contribution in [0, 0.1) is 0 Å². The summed E-state index contributed by atoms with van der Waals surface area (Å²) in [6.45, 7) is -0.353. The average Bonchev–Trinajstić information content (AvgIpc) is 3.03. The Balaban J connectivity index is 2.03. The molecule has 6 atom stereocenters. The molecule has 2 aromatic rings. The summed E-state index contributed by atoms with van der Waals surface area (Å²) in [6, 6.07) is 16.8. The standard InChI is InChI=1S/C28H32ClN3O11/c1-37-21(33)13-28(36,27(35)38-2)43-26-23(31-32-30)25(41-16-19-11-7-4-8-12-19)24(20(42-26)17-39-22(34)14-29)40-15-18-9-5-3-6-10-18/h3-12,20,23-26,36H,13-17H2,1-2H3/t20-,23-,24-,25-,26-,28+/m1/s1. The van der Waals surface area contributed by atoms with E-state index in [1.54, 1.807) is 12.1 Å². The molecule has 232 valence electrons. The molecular formula is C28H32ClN3O11. The molecule has 1 heterocycles. The molecule has 0 bridgehead atoms. The average molecular weight is 622 g/mol. The Morgan fingerprint density at radius 1 is 0.953 bits per heavy atom. The lowest BCUT2D eigenvalue weighted by atomic mass is 9.96. The summed E-state index contributed by atoms with van der Waals surface area (Å²) in [4.78, 5) is 39.5. The van der Waals surface area contributed by atoms with Crippen molar-refractivity contribution >= 4 is 29.5 Å². The summed E-state index contributed by atoms with van der Waals surface area (Å²) < 4.78 is 38.5. The molecule has 43 heavy (non-hydrogen) atoms. The molecule has 1 aliphatic heterocycles. The first-order valence-corrected chi connectivity index (χ1v) is 13.6. The lowest BCUT2D eigenvalue weighted by Gasteiger charge is -2.45. The highest BCUT2D eigenvalue weighted by Gasteiger charge is 2.53. The van der Waals surface area contributed by atoms with Crippen molar-refractivity contribution in [2.75, 3.05) is 26.7 Å². The lowest BCUT2D eigenvalue weighted by molar-refractivity contribution is -0.340. The summed E-state index contributed by atoms with van der Waals surface area (Å²) in [5.41, 5.74) is 11.0. The van der Waals surface area contributed by atoms with E-state index in [-0.39, 0.29) is 13.2 Å². The highest BCUT2D eigenvalue weighted by atomic mass is 35.5. The number of methoxy groups -OCH3 is 2. The van der Waals surface area contributed by atoms with E-state index >= 15 is 0 Å². The van der Waals surface area contributed by atoms with Crippen molar-refractivity contribution in [1.82, 2.24) is 0 Å². The van der Waals surface area contributed by atoms with E-state index in [0.29, 0.717) is 0 Å². The Kier molecular flexibility index (Phi) is 13.2. The van der Waals surface area contributed by atoms with E-state index in [1.165, 1.54) is 0 Å². The number of carbonyl (C=O) groups is 3. The van der Waals surface area contributed by atoms with Crippen molar-refractivity contribution in [3.05, 3.63) is 82.2 Å². The molecule has 1 aliphatic rings. The molecule has 1 saturated heterocycles. The van der Waals surface area contributed by atoms with E-state index in [4.69, 9.17) is 35.3 Å². The fourth-order valence-electron chi connectivity index (χ4n) is 4.23. The SMILES string of the molecule is COC(=O)C[C@](O)(O[C@H]1O[C@H](COC(=O)CCl)[C@@H](OCc2ccccc2)[C@H](OCc2ccccc2)[C@H]1N=[N+]=[N-])C(=O)OC. The van der Waals surface area contributed by atoms with Gasteiger partial charge in [0.15, 0.2) is 6.29 Å². The molecule has 0 saturated carbocycles. The molecule has 0 aromatic heterocycles. The third-order valence-electron chi connectivity index (χ3n) is 6.31. The smallest absolute Gasteiger partial charge is 0.367 e. The molecule has 15 heteroatoms. The van der Waals surface area contributed by atoms with E-state index in [9.17, 15) is 25.0 Å². The van der Waals surface area contributed by atoms with Gasteiger partial charge in [-0.2, -0.15) is 0 Å². The minimum absolute atomic E-state index is 0.0124. The summed E-state index contributed by atoms with van der Waals surface area (Å²) >= 11 is 5.61. The van der Waals surface area contributed by atoms with Crippen LogP contribution in [0.4, 0.5) is 0 Å². The molecule has 0 amide bonds. The van der Waals surface area contributed by atoms with Crippen molar-refractivity contribution < 1.29 is 52.6 Å². The number of rotatable bonds is 15. The minimum atomic E-state index is -2.92. The fourth-order valence-corrected chi connectivity index (χ4v) is 4.30. The molecule has 1 N–H and O–H groups in total. The van der Waals surface area contributed by atoms with Gasteiger partial charge >= 0.3 is 17.9 Å². The second-order valence-corrected chi connectivity index (χ2v) is 9.49. The number of benzene rings is 2. The summed E-state index contributed by atoms with van der Waals surface area (Å²) in [5, 5.41) is 14.9. The van der Waals surface area contributed by atoms with Gasteiger partial charge in [-0.15, -0.1) is 11.6 Å². The number of alkyl halides is 1. The molecule has 3 rings (SSSR count). The maximum absolute atomic E-state index is 12.6. The second kappa shape index (κ2) is 16.8. The van der Waals surface area contributed by atoms with Crippen molar-refractivity contribution in [1.29, 1.82) is 0 Å². The van der Waals surface area contributed by atoms with Gasteiger partial charge in [-0.25, -0.2) is 4.79 Å². The predicted molar refractivity (Wildman–Crippen MR) is 148 cm³/mol. The molecule has 0 unspecified atom stereocenters. The number of halogens is 1. The van der Waals surface area contributed by atoms with Gasteiger partial charge in [-0.05, 0) is 16.7 Å². The Morgan fingerprint density at radius 2 is 1.53 bits per heavy atom. The van der Waals surface area contributed by atoms with Crippen LogP contribution in [0.2, 0.25) is 0 Å². The zero-order valence-corrected chi connectivity index (χ0v) is 24.2. The highest BCUT2D eigenvalue weighted by Crippen LogP contribution is 2.33. The van der Waals surface area contributed by atoms with Gasteiger partial charge in [0.1, 0.15) is 43.3 Å². The summed E-state index contributed by atoms with van der Waals surface area (Å²) in [6.07, 6.45) is -6.09. The van der Waals surface area contributed by atoms with Crippen LogP contribution < -0.4 is 0 Å². The quantitative estimate of drug-likeness (QED) is 0.0586. The number of nitrogens with zero attached hydrogens (tertiary/aromatic N) is 3. The first-order valence-electron chi connectivity index (χ1n) is 13.0.